The number of likely N-dealkylation sites (N-methyl/N-ethyl adjacent to an activating group) is 1. The molecular formula is C13H25N3. The summed E-state index contributed by atoms with van der Waals surface area (Å²) in [6.07, 6.45) is 1.32. The lowest BCUT2D eigenvalue weighted by molar-refractivity contribution is 0.0755. The van der Waals surface area contributed by atoms with E-state index in [1.54, 1.807) is 0 Å². The number of hydrogen-bond donors (Lipinski definition) is 1. The molecule has 1 aliphatic rings. The smallest absolute Gasteiger partial charge is 0.108 e. The predicted octanol–water partition coefficient (Wildman–Crippen LogP) is 1.85. The lowest BCUT2D eigenvalue weighted by atomic mass is 9.86. The van der Waals surface area contributed by atoms with Crippen molar-refractivity contribution in [3.63, 3.8) is 0 Å². The van der Waals surface area contributed by atoms with Gasteiger partial charge in [-0.05, 0) is 31.7 Å². The molecule has 1 N–H and O–H groups in total. The van der Waals surface area contributed by atoms with E-state index in [4.69, 9.17) is 5.26 Å². The normalized spacial score (nSPS) is 33.3. The number of likely N-dealkylation sites (tertiary alicyclic amines) is 1. The summed E-state index contributed by atoms with van der Waals surface area (Å²) in [6, 6.07) is 2.93. The third-order valence-corrected chi connectivity index (χ3v) is 3.74. The van der Waals surface area contributed by atoms with Crippen molar-refractivity contribution >= 4 is 0 Å². The minimum absolute atomic E-state index is 0.0232. The van der Waals surface area contributed by atoms with Crippen LogP contribution < -0.4 is 5.32 Å². The molecule has 1 rings (SSSR count). The molecule has 4 atom stereocenters. The topological polar surface area (TPSA) is 39.1 Å². The van der Waals surface area contributed by atoms with Gasteiger partial charge in [0.15, 0.2) is 0 Å². The van der Waals surface area contributed by atoms with E-state index in [1.165, 1.54) is 6.42 Å². The molecule has 1 saturated heterocycles. The van der Waals surface area contributed by atoms with Gasteiger partial charge < -0.3 is 5.32 Å². The van der Waals surface area contributed by atoms with Crippen LogP contribution in [0.1, 0.15) is 34.1 Å². The Morgan fingerprint density at radius 2 is 2.12 bits per heavy atom. The summed E-state index contributed by atoms with van der Waals surface area (Å²) in [7, 11) is 0. The molecule has 1 fully saturated rings. The number of rotatable bonds is 4. The summed E-state index contributed by atoms with van der Waals surface area (Å²) in [5.74, 6) is 1.50. The first-order valence-corrected chi connectivity index (χ1v) is 6.45. The van der Waals surface area contributed by atoms with Gasteiger partial charge in [-0.3, -0.25) is 4.90 Å². The fourth-order valence-corrected chi connectivity index (χ4v) is 2.71. The van der Waals surface area contributed by atoms with Crippen molar-refractivity contribution in [3.05, 3.63) is 0 Å². The first-order chi connectivity index (χ1) is 7.58. The van der Waals surface area contributed by atoms with Crippen molar-refractivity contribution in [2.24, 2.45) is 11.8 Å². The maximum absolute atomic E-state index is 9.07. The van der Waals surface area contributed by atoms with Gasteiger partial charge in [0.25, 0.3) is 0 Å². The summed E-state index contributed by atoms with van der Waals surface area (Å²) < 4.78 is 0. The number of hydrogen-bond acceptors (Lipinski definition) is 3. The Morgan fingerprint density at radius 3 is 2.69 bits per heavy atom. The van der Waals surface area contributed by atoms with E-state index in [0.717, 1.165) is 31.5 Å². The average Bonchev–Trinajstić information content (AvgIpc) is 2.24. The molecule has 0 radical (unpaired) electrons. The molecule has 3 heteroatoms. The molecule has 0 aromatic heterocycles. The van der Waals surface area contributed by atoms with Crippen molar-refractivity contribution in [1.82, 2.24) is 10.2 Å². The van der Waals surface area contributed by atoms with Crippen LogP contribution in [-0.2, 0) is 0 Å². The third-order valence-electron chi connectivity index (χ3n) is 3.74. The van der Waals surface area contributed by atoms with Crippen molar-refractivity contribution in [2.45, 2.75) is 46.2 Å². The van der Waals surface area contributed by atoms with Crippen molar-refractivity contribution in [2.75, 3.05) is 19.6 Å². The monoisotopic (exact) mass is 223 g/mol. The minimum Gasteiger partial charge on any atom is -0.301 e. The van der Waals surface area contributed by atoms with Crippen molar-refractivity contribution in [3.8, 4) is 6.07 Å². The van der Waals surface area contributed by atoms with Gasteiger partial charge in [0, 0.05) is 19.1 Å². The summed E-state index contributed by atoms with van der Waals surface area (Å²) in [4.78, 5) is 2.47. The van der Waals surface area contributed by atoms with Crippen LogP contribution in [-0.4, -0.2) is 36.6 Å². The van der Waals surface area contributed by atoms with Crippen molar-refractivity contribution in [1.29, 1.82) is 5.26 Å². The SMILES string of the molecule is CCNC(C#N)CN1CC(C)CC(C)C1C. The van der Waals surface area contributed by atoms with E-state index in [1.807, 2.05) is 0 Å². The Hall–Kier alpha value is -0.590. The molecule has 0 amide bonds. The highest BCUT2D eigenvalue weighted by molar-refractivity contribution is 4.94. The summed E-state index contributed by atoms with van der Waals surface area (Å²) >= 11 is 0. The van der Waals surface area contributed by atoms with Gasteiger partial charge in [0.05, 0.1) is 6.07 Å². The quantitative estimate of drug-likeness (QED) is 0.790. The van der Waals surface area contributed by atoms with Gasteiger partial charge in [-0.25, -0.2) is 0 Å². The maximum atomic E-state index is 9.07. The van der Waals surface area contributed by atoms with Gasteiger partial charge in [0.2, 0.25) is 0 Å². The fourth-order valence-electron chi connectivity index (χ4n) is 2.71. The first kappa shape index (κ1) is 13.5. The maximum Gasteiger partial charge on any atom is 0.108 e. The van der Waals surface area contributed by atoms with Crippen LogP contribution in [0.3, 0.4) is 0 Å². The summed E-state index contributed by atoms with van der Waals surface area (Å²) in [6.45, 7) is 11.8. The highest BCUT2D eigenvalue weighted by atomic mass is 15.2. The Balaban J connectivity index is 2.54. The molecule has 1 heterocycles. The molecule has 0 aliphatic carbocycles. The van der Waals surface area contributed by atoms with Crippen molar-refractivity contribution < 1.29 is 0 Å². The largest absolute Gasteiger partial charge is 0.301 e. The highest BCUT2D eigenvalue weighted by Gasteiger charge is 2.29. The van der Waals surface area contributed by atoms with Crippen LogP contribution in [0.25, 0.3) is 0 Å². The van der Waals surface area contributed by atoms with E-state index in [2.05, 4.69) is 44.0 Å². The molecule has 0 spiro atoms. The number of nitrogens with zero attached hydrogens (tertiary/aromatic N) is 2. The van der Waals surface area contributed by atoms with Crippen LogP contribution in [0.2, 0.25) is 0 Å². The second kappa shape index (κ2) is 6.22. The predicted molar refractivity (Wildman–Crippen MR) is 67.1 cm³/mol. The van der Waals surface area contributed by atoms with Crippen LogP contribution in [0.5, 0.6) is 0 Å². The molecule has 0 bridgehead atoms. The first-order valence-electron chi connectivity index (χ1n) is 6.45. The average molecular weight is 223 g/mol. The summed E-state index contributed by atoms with van der Waals surface area (Å²) in [5, 5.41) is 12.3. The fraction of sp³-hybridized carbons (Fsp3) is 0.923. The molecule has 16 heavy (non-hydrogen) atoms. The third kappa shape index (κ3) is 3.47. The molecule has 0 aromatic carbocycles. The zero-order valence-electron chi connectivity index (χ0n) is 11.0. The molecule has 1 aliphatic heterocycles. The Morgan fingerprint density at radius 1 is 1.44 bits per heavy atom. The number of nitrogens with one attached hydrogen (secondary N) is 1. The van der Waals surface area contributed by atoms with Gasteiger partial charge in [-0.2, -0.15) is 5.26 Å². The Bertz CT molecular complexity index is 246. The highest BCUT2D eigenvalue weighted by Crippen LogP contribution is 2.26. The number of nitriles is 1. The Labute approximate surface area is 99.8 Å². The van der Waals surface area contributed by atoms with E-state index in [-0.39, 0.29) is 6.04 Å². The Kier molecular flexibility index (Phi) is 5.24. The second-order valence-electron chi connectivity index (χ2n) is 5.25. The number of piperidine rings is 1. The van der Waals surface area contributed by atoms with E-state index < -0.39 is 0 Å². The summed E-state index contributed by atoms with van der Waals surface area (Å²) in [5.41, 5.74) is 0. The van der Waals surface area contributed by atoms with Gasteiger partial charge in [0.1, 0.15) is 6.04 Å². The molecule has 4 unspecified atom stereocenters. The van der Waals surface area contributed by atoms with Crippen LogP contribution in [0.4, 0.5) is 0 Å². The molecular weight excluding hydrogens is 198 g/mol. The van der Waals surface area contributed by atoms with Crippen LogP contribution >= 0.6 is 0 Å². The van der Waals surface area contributed by atoms with E-state index in [9.17, 15) is 0 Å². The molecule has 0 saturated carbocycles. The standard InChI is InChI=1S/C13H25N3/c1-5-15-13(7-14)9-16-8-10(2)6-11(3)12(16)4/h10-13,15H,5-6,8-9H2,1-4H3. The molecule has 92 valence electrons. The van der Waals surface area contributed by atoms with Gasteiger partial charge in [-0.15, -0.1) is 0 Å². The zero-order chi connectivity index (χ0) is 12.1. The minimum atomic E-state index is -0.0232. The molecule has 3 nitrogen and oxygen atoms in total. The van der Waals surface area contributed by atoms with E-state index >= 15 is 0 Å². The van der Waals surface area contributed by atoms with Crippen LogP contribution in [0, 0.1) is 23.2 Å². The van der Waals surface area contributed by atoms with Gasteiger partial charge in [-0.1, -0.05) is 20.8 Å². The lowest BCUT2D eigenvalue weighted by Crippen LogP contribution is -2.50. The van der Waals surface area contributed by atoms with E-state index in [0.29, 0.717) is 6.04 Å². The zero-order valence-corrected chi connectivity index (χ0v) is 11.0. The molecule has 0 aromatic rings. The second-order valence-corrected chi connectivity index (χ2v) is 5.25. The van der Waals surface area contributed by atoms with Crippen LogP contribution in [0.15, 0.2) is 0 Å². The van der Waals surface area contributed by atoms with Gasteiger partial charge >= 0.3 is 0 Å². The lowest BCUT2D eigenvalue weighted by Gasteiger charge is -2.41.